The molecule has 1 aromatic heterocycles. The first kappa shape index (κ1) is 16.7. The van der Waals surface area contributed by atoms with Gasteiger partial charge in [-0.15, -0.1) is 0 Å². The van der Waals surface area contributed by atoms with Crippen molar-refractivity contribution in [1.82, 2.24) is 10.3 Å². The summed E-state index contributed by atoms with van der Waals surface area (Å²) in [6.07, 6.45) is 0.257. The highest BCUT2D eigenvalue weighted by atomic mass is 16.5. The van der Waals surface area contributed by atoms with Crippen LogP contribution < -0.4 is 16.4 Å². The minimum absolute atomic E-state index is 0.109. The van der Waals surface area contributed by atoms with Crippen molar-refractivity contribution in [1.29, 1.82) is 0 Å². The average molecular weight is 296 g/mol. The number of hydrogen-bond donors (Lipinski definition) is 3. The van der Waals surface area contributed by atoms with E-state index in [4.69, 9.17) is 10.5 Å². The fourth-order valence-electron chi connectivity index (χ4n) is 1.51. The molecule has 1 amide bonds. The number of esters is 1. The maximum atomic E-state index is 11.5. The van der Waals surface area contributed by atoms with E-state index in [0.717, 1.165) is 0 Å². The molecule has 0 aliphatic heterocycles. The Labute approximate surface area is 123 Å². The van der Waals surface area contributed by atoms with Gasteiger partial charge in [-0.25, -0.2) is 9.78 Å². The highest BCUT2D eigenvalue weighted by molar-refractivity contribution is 5.88. The van der Waals surface area contributed by atoms with Crippen LogP contribution in [0.3, 0.4) is 0 Å². The van der Waals surface area contributed by atoms with Gasteiger partial charge < -0.3 is 25.8 Å². The minimum Gasteiger partial charge on any atom is -0.464 e. The van der Waals surface area contributed by atoms with Gasteiger partial charge in [-0.05, 0) is 12.1 Å². The first-order valence-corrected chi connectivity index (χ1v) is 6.42. The van der Waals surface area contributed by atoms with Crippen molar-refractivity contribution >= 4 is 23.4 Å². The number of nitrogens with two attached hydrogens (primary N) is 1. The second-order valence-electron chi connectivity index (χ2n) is 4.15. The van der Waals surface area contributed by atoms with Crippen LogP contribution in [0.5, 0.6) is 0 Å². The molecule has 0 saturated heterocycles. The minimum atomic E-state index is -0.546. The molecule has 0 fully saturated rings. The van der Waals surface area contributed by atoms with Gasteiger partial charge in [-0.3, -0.25) is 4.79 Å². The first-order valence-electron chi connectivity index (χ1n) is 6.42. The molecule has 0 aliphatic carbocycles. The van der Waals surface area contributed by atoms with Crippen molar-refractivity contribution in [3.05, 3.63) is 17.8 Å². The van der Waals surface area contributed by atoms with Crippen molar-refractivity contribution < 1.29 is 19.1 Å². The lowest BCUT2D eigenvalue weighted by Crippen LogP contribution is -2.28. The molecule has 0 aliphatic rings. The van der Waals surface area contributed by atoms with Crippen LogP contribution in [-0.4, -0.2) is 50.8 Å². The number of carbonyl (C=O) groups is 2. The molecule has 0 bridgehead atoms. The van der Waals surface area contributed by atoms with E-state index in [0.29, 0.717) is 31.2 Å². The summed E-state index contributed by atoms with van der Waals surface area (Å²) in [4.78, 5) is 26.9. The number of amides is 1. The molecule has 8 heteroatoms. The Hall–Kier alpha value is -2.35. The van der Waals surface area contributed by atoms with Crippen molar-refractivity contribution in [3.8, 4) is 0 Å². The molecule has 4 N–H and O–H groups in total. The van der Waals surface area contributed by atoms with Gasteiger partial charge in [0.2, 0.25) is 5.91 Å². The maximum Gasteiger partial charge on any atom is 0.356 e. The molecule has 1 aromatic rings. The van der Waals surface area contributed by atoms with Gasteiger partial charge in [-0.1, -0.05) is 0 Å². The van der Waals surface area contributed by atoms with Crippen molar-refractivity contribution in [3.63, 3.8) is 0 Å². The molecule has 8 nitrogen and oxygen atoms in total. The zero-order valence-corrected chi connectivity index (χ0v) is 12.1. The molecule has 21 heavy (non-hydrogen) atoms. The van der Waals surface area contributed by atoms with Crippen molar-refractivity contribution in [2.24, 2.45) is 0 Å². The van der Waals surface area contributed by atoms with Gasteiger partial charge in [0.15, 0.2) is 5.69 Å². The summed E-state index contributed by atoms with van der Waals surface area (Å²) >= 11 is 0. The van der Waals surface area contributed by atoms with Gasteiger partial charge in [0.1, 0.15) is 5.82 Å². The van der Waals surface area contributed by atoms with E-state index in [9.17, 15) is 9.59 Å². The van der Waals surface area contributed by atoms with Crippen molar-refractivity contribution in [2.75, 3.05) is 45.0 Å². The second kappa shape index (κ2) is 8.75. The summed E-state index contributed by atoms with van der Waals surface area (Å²) in [5, 5.41) is 5.61. The van der Waals surface area contributed by atoms with Crippen LogP contribution in [0.1, 0.15) is 16.9 Å². The van der Waals surface area contributed by atoms with Gasteiger partial charge in [-0.2, -0.15) is 0 Å². The summed E-state index contributed by atoms with van der Waals surface area (Å²) in [5.74, 6) is -0.305. The third-order valence-corrected chi connectivity index (χ3v) is 2.59. The van der Waals surface area contributed by atoms with E-state index in [2.05, 4.69) is 20.4 Å². The van der Waals surface area contributed by atoms with E-state index in [1.165, 1.54) is 13.2 Å². The standard InChI is InChI=1S/C13H20N4O4/c1-20-8-7-15-11(18)5-6-16-12-9(14)3-4-10(17-12)13(19)21-2/h3-4H,5-8,14H2,1-2H3,(H,15,18)(H,16,17). The predicted molar refractivity (Wildman–Crippen MR) is 78.0 cm³/mol. The lowest BCUT2D eigenvalue weighted by molar-refractivity contribution is -0.121. The predicted octanol–water partition coefficient (Wildman–Crippen LogP) is 0.0150. The van der Waals surface area contributed by atoms with Crippen LogP contribution in [0.4, 0.5) is 11.5 Å². The number of nitrogens with one attached hydrogen (secondary N) is 2. The average Bonchev–Trinajstić information content (AvgIpc) is 2.48. The van der Waals surface area contributed by atoms with Gasteiger partial charge in [0.25, 0.3) is 0 Å². The summed E-state index contributed by atoms with van der Waals surface area (Å²) < 4.78 is 9.41. The summed E-state index contributed by atoms with van der Waals surface area (Å²) in [6, 6.07) is 3.03. The number of pyridine rings is 1. The Morgan fingerprint density at radius 1 is 1.29 bits per heavy atom. The zero-order valence-electron chi connectivity index (χ0n) is 12.1. The van der Waals surface area contributed by atoms with Crippen LogP contribution in [0, 0.1) is 0 Å². The molecule has 0 aromatic carbocycles. The van der Waals surface area contributed by atoms with E-state index in [1.807, 2.05) is 0 Å². The summed E-state index contributed by atoms with van der Waals surface area (Å²) in [6.45, 7) is 1.28. The third-order valence-electron chi connectivity index (χ3n) is 2.59. The molecule has 0 spiro atoms. The second-order valence-corrected chi connectivity index (χ2v) is 4.15. The fourth-order valence-corrected chi connectivity index (χ4v) is 1.51. The molecule has 1 heterocycles. The van der Waals surface area contributed by atoms with E-state index < -0.39 is 5.97 Å². The normalized spacial score (nSPS) is 10.0. The smallest absolute Gasteiger partial charge is 0.356 e. The Balaban J connectivity index is 2.47. The van der Waals surface area contributed by atoms with Crippen LogP contribution in [0.25, 0.3) is 0 Å². The highest BCUT2D eigenvalue weighted by Crippen LogP contribution is 2.16. The van der Waals surface area contributed by atoms with Crippen molar-refractivity contribution in [2.45, 2.75) is 6.42 Å². The number of carbonyl (C=O) groups excluding carboxylic acids is 2. The van der Waals surface area contributed by atoms with E-state index >= 15 is 0 Å². The number of rotatable bonds is 8. The lowest BCUT2D eigenvalue weighted by atomic mass is 10.3. The first-order chi connectivity index (χ1) is 10.1. The largest absolute Gasteiger partial charge is 0.464 e. The van der Waals surface area contributed by atoms with Gasteiger partial charge >= 0.3 is 5.97 Å². The molecular weight excluding hydrogens is 276 g/mol. The van der Waals surface area contributed by atoms with E-state index in [1.54, 1.807) is 13.2 Å². The Morgan fingerprint density at radius 2 is 2.05 bits per heavy atom. The molecule has 0 atom stereocenters. The number of nitrogen functional groups attached to an aromatic ring is 1. The molecule has 116 valence electrons. The number of hydrogen-bond acceptors (Lipinski definition) is 7. The van der Waals surface area contributed by atoms with Crippen LogP contribution in [0.15, 0.2) is 12.1 Å². The number of ether oxygens (including phenoxy) is 2. The van der Waals surface area contributed by atoms with E-state index in [-0.39, 0.29) is 18.0 Å². The third kappa shape index (κ3) is 5.65. The molecule has 0 saturated carbocycles. The topological polar surface area (TPSA) is 116 Å². The maximum absolute atomic E-state index is 11.5. The Morgan fingerprint density at radius 3 is 2.71 bits per heavy atom. The number of methoxy groups -OCH3 is 2. The number of nitrogens with zero attached hydrogens (tertiary/aromatic N) is 1. The van der Waals surface area contributed by atoms with Crippen LogP contribution in [0.2, 0.25) is 0 Å². The SMILES string of the molecule is COCCNC(=O)CCNc1nc(C(=O)OC)ccc1N. The van der Waals surface area contributed by atoms with Gasteiger partial charge in [0, 0.05) is 26.6 Å². The summed E-state index contributed by atoms with van der Waals surface area (Å²) in [7, 11) is 2.84. The molecule has 1 rings (SSSR count). The number of aromatic nitrogens is 1. The molecule has 0 radical (unpaired) electrons. The Kier molecular flexibility index (Phi) is 6.96. The van der Waals surface area contributed by atoms with Gasteiger partial charge in [0.05, 0.1) is 19.4 Å². The molecular formula is C13H20N4O4. The lowest BCUT2D eigenvalue weighted by Gasteiger charge is -2.09. The molecule has 0 unspecified atom stereocenters. The highest BCUT2D eigenvalue weighted by Gasteiger charge is 2.10. The Bertz CT molecular complexity index is 493. The summed E-state index contributed by atoms with van der Waals surface area (Å²) in [5.41, 5.74) is 6.29. The fraction of sp³-hybridized carbons (Fsp3) is 0.462. The monoisotopic (exact) mass is 296 g/mol. The number of anilines is 2. The van der Waals surface area contributed by atoms with Crippen LogP contribution >= 0.6 is 0 Å². The zero-order chi connectivity index (χ0) is 15.7. The quantitative estimate of drug-likeness (QED) is 0.457. The van der Waals surface area contributed by atoms with Crippen LogP contribution in [-0.2, 0) is 14.3 Å².